The summed E-state index contributed by atoms with van der Waals surface area (Å²) in [5.74, 6) is 0.0200. The van der Waals surface area contributed by atoms with E-state index in [9.17, 15) is 13.2 Å². The molecule has 32 heavy (non-hydrogen) atoms. The van der Waals surface area contributed by atoms with Gasteiger partial charge in [-0.25, -0.2) is 23.4 Å². The molecule has 0 radical (unpaired) electrons. The molecule has 0 aliphatic heterocycles. The van der Waals surface area contributed by atoms with Crippen LogP contribution < -0.4 is 16.0 Å². The first-order valence-corrected chi connectivity index (χ1v) is 11.4. The van der Waals surface area contributed by atoms with E-state index < -0.39 is 10.0 Å². The highest BCUT2D eigenvalue weighted by Gasteiger charge is 2.18. The molecule has 0 saturated heterocycles. The number of nitrogens with one attached hydrogen (secondary N) is 1. The zero-order valence-electron chi connectivity index (χ0n) is 17.4. The molecule has 10 nitrogen and oxygen atoms in total. The molecular formula is C21H21N7O3S. The lowest BCUT2D eigenvalue weighted by atomic mass is 10.2. The van der Waals surface area contributed by atoms with Gasteiger partial charge in [0.15, 0.2) is 5.65 Å². The predicted molar refractivity (Wildman–Crippen MR) is 122 cm³/mol. The Morgan fingerprint density at radius 3 is 2.44 bits per heavy atom. The summed E-state index contributed by atoms with van der Waals surface area (Å²) in [6.07, 6.45) is 2.86. The summed E-state index contributed by atoms with van der Waals surface area (Å²) in [6, 6.07) is 11.7. The number of pyridine rings is 1. The highest BCUT2D eigenvalue weighted by atomic mass is 32.2. The van der Waals surface area contributed by atoms with Gasteiger partial charge >= 0.3 is 0 Å². The fraction of sp³-hybridized carbons (Fsp3) is 0.190. The van der Waals surface area contributed by atoms with Crippen LogP contribution >= 0.6 is 0 Å². The van der Waals surface area contributed by atoms with Gasteiger partial charge < -0.3 is 5.73 Å². The molecule has 3 N–H and O–H groups in total. The van der Waals surface area contributed by atoms with Gasteiger partial charge in [0.05, 0.1) is 11.9 Å². The van der Waals surface area contributed by atoms with E-state index in [0.29, 0.717) is 22.3 Å². The number of sulfonamides is 1. The quantitative estimate of drug-likeness (QED) is 0.454. The molecule has 0 bridgehead atoms. The highest BCUT2D eigenvalue weighted by Crippen LogP contribution is 2.20. The van der Waals surface area contributed by atoms with Gasteiger partial charge in [-0.3, -0.25) is 14.1 Å². The minimum atomic E-state index is -3.65. The number of fused-ring (bicyclic) bond motifs is 1. The van der Waals surface area contributed by atoms with E-state index in [-0.39, 0.29) is 34.8 Å². The van der Waals surface area contributed by atoms with Crippen LogP contribution in [-0.2, 0) is 15.8 Å². The van der Waals surface area contributed by atoms with Crippen molar-refractivity contribution in [1.82, 2.24) is 24.5 Å². The SMILES string of the molecule is CC(C)n1c(=O)c(-c2ccc(NS(=O)(=O)Cc3ccccc3)nc2)nc2cnc(N)nc21. The fourth-order valence-corrected chi connectivity index (χ4v) is 4.41. The maximum atomic E-state index is 13.1. The second kappa shape index (κ2) is 8.35. The van der Waals surface area contributed by atoms with Crippen LogP contribution in [0.25, 0.3) is 22.4 Å². The van der Waals surface area contributed by atoms with Crippen LogP contribution in [0.2, 0.25) is 0 Å². The summed E-state index contributed by atoms with van der Waals surface area (Å²) >= 11 is 0. The number of nitrogens with two attached hydrogens (primary N) is 1. The van der Waals surface area contributed by atoms with E-state index in [1.54, 1.807) is 30.3 Å². The van der Waals surface area contributed by atoms with E-state index in [2.05, 4.69) is 24.7 Å². The average molecular weight is 452 g/mol. The summed E-state index contributed by atoms with van der Waals surface area (Å²) in [5, 5.41) is 0. The van der Waals surface area contributed by atoms with Crippen molar-refractivity contribution in [3.63, 3.8) is 0 Å². The third-order valence-corrected chi connectivity index (χ3v) is 5.90. The smallest absolute Gasteiger partial charge is 0.279 e. The van der Waals surface area contributed by atoms with Gasteiger partial charge in [-0.1, -0.05) is 30.3 Å². The Labute approximate surface area is 184 Å². The van der Waals surface area contributed by atoms with Crippen molar-refractivity contribution in [2.24, 2.45) is 0 Å². The Hall–Kier alpha value is -3.86. The molecule has 0 fully saturated rings. The van der Waals surface area contributed by atoms with Gasteiger partial charge in [0.2, 0.25) is 16.0 Å². The van der Waals surface area contributed by atoms with Crippen molar-refractivity contribution in [2.45, 2.75) is 25.6 Å². The first-order chi connectivity index (χ1) is 15.2. The number of nitrogens with zero attached hydrogens (tertiary/aromatic N) is 5. The Morgan fingerprint density at radius 1 is 1.03 bits per heavy atom. The molecule has 4 rings (SSSR count). The van der Waals surface area contributed by atoms with Gasteiger partial charge in [-0.2, -0.15) is 4.98 Å². The zero-order chi connectivity index (χ0) is 22.9. The van der Waals surface area contributed by atoms with E-state index in [4.69, 9.17) is 5.73 Å². The number of hydrogen-bond donors (Lipinski definition) is 2. The van der Waals surface area contributed by atoms with Crippen molar-refractivity contribution in [3.05, 3.63) is 70.8 Å². The lowest BCUT2D eigenvalue weighted by Crippen LogP contribution is -2.26. The molecule has 0 atom stereocenters. The molecule has 0 amide bonds. The Balaban J connectivity index is 1.66. The Morgan fingerprint density at radius 2 is 1.78 bits per heavy atom. The predicted octanol–water partition coefficient (Wildman–Crippen LogP) is 2.35. The molecule has 0 aliphatic rings. The Kier molecular flexibility index (Phi) is 5.57. The standard InChI is InChI=1S/C21H21N7O3S/c1-13(2)28-19-16(11-24-21(22)26-19)25-18(20(28)29)15-8-9-17(23-10-15)27-32(30,31)12-14-6-4-3-5-7-14/h3-11,13H,12H2,1-2H3,(H,23,27)(H2,22,24,26). The summed E-state index contributed by atoms with van der Waals surface area (Å²) in [4.78, 5) is 29.8. The third kappa shape index (κ3) is 4.42. The molecule has 1 aromatic carbocycles. The topological polar surface area (TPSA) is 146 Å². The zero-order valence-corrected chi connectivity index (χ0v) is 18.2. The summed E-state index contributed by atoms with van der Waals surface area (Å²) in [7, 11) is -3.65. The number of rotatable bonds is 6. The van der Waals surface area contributed by atoms with E-state index in [0.717, 1.165) is 0 Å². The van der Waals surface area contributed by atoms with Crippen molar-refractivity contribution in [3.8, 4) is 11.3 Å². The van der Waals surface area contributed by atoms with Crippen molar-refractivity contribution >= 4 is 33.0 Å². The van der Waals surface area contributed by atoms with Gasteiger partial charge in [-0.15, -0.1) is 0 Å². The first-order valence-electron chi connectivity index (χ1n) is 9.79. The van der Waals surface area contributed by atoms with E-state index >= 15 is 0 Å². The van der Waals surface area contributed by atoms with Gasteiger partial charge in [0, 0.05) is 17.8 Å². The lowest BCUT2D eigenvalue weighted by Gasteiger charge is -2.14. The maximum Gasteiger partial charge on any atom is 0.279 e. The fourth-order valence-electron chi connectivity index (χ4n) is 3.26. The number of nitrogen functional groups attached to an aromatic ring is 1. The van der Waals surface area contributed by atoms with Crippen LogP contribution in [0.1, 0.15) is 25.5 Å². The van der Waals surface area contributed by atoms with Crippen molar-refractivity contribution in [1.29, 1.82) is 0 Å². The molecule has 11 heteroatoms. The molecule has 3 heterocycles. The first kappa shape index (κ1) is 21.4. The molecular weight excluding hydrogens is 430 g/mol. The minimum absolute atomic E-state index is 0.0506. The molecule has 0 spiro atoms. The number of aromatic nitrogens is 5. The summed E-state index contributed by atoms with van der Waals surface area (Å²) in [6.45, 7) is 3.71. The lowest BCUT2D eigenvalue weighted by molar-refractivity contribution is 0.593. The van der Waals surface area contributed by atoms with E-state index in [1.807, 2.05) is 19.9 Å². The normalized spacial score (nSPS) is 11.7. The Bertz CT molecular complexity index is 1430. The molecule has 0 aliphatic carbocycles. The number of anilines is 2. The van der Waals surface area contributed by atoms with Gasteiger partial charge in [-0.05, 0) is 31.5 Å². The van der Waals surface area contributed by atoms with Gasteiger partial charge in [0.1, 0.15) is 17.0 Å². The van der Waals surface area contributed by atoms with E-state index in [1.165, 1.54) is 23.0 Å². The second-order valence-electron chi connectivity index (χ2n) is 7.45. The molecule has 3 aromatic heterocycles. The maximum absolute atomic E-state index is 13.1. The number of hydrogen-bond acceptors (Lipinski definition) is 8. The van der Waals surface area contributed by atoms with Crippen LogP contribution in [0.4, 0.5) is 11.8 Å². The van der Waals surface area contributed by atoms with Crippen molar-refractivity contribution in [2.75, 3.05) is 10.5 Å². The summed E-state index contributed by atoms with van der Waals surface area (Å²) in [5.41, 5.74) is 7.34. The molecule has 0 saturated carbocycles. The van der Waals surface area contributed by atoms with Gasteiger partial charge in [0.25, 0.3) is 5.56 Å². The largest absolute Gasteiger partial charge is 0.368 e. The average Bonchev–Trinajstić information content (AvgIpc) is 2.74. The third-order valence-electron chi connectivity index (χ3n) is 4.66. The molecule has 0 unspecified atom stereocenters. The van der Waals surface area contributed by atoms with Crippen LogP contribution in [0.3, 0.4) is 0 Å². The van der Waals surface area contributed by atoms with Crippen LogP contribution in [0.15, 0.2) is 59.7 Å². The van der Waals surface area contributed by atoms with Crippen LogP contribution in [-0.4, -0.2) is 32.9 Å². The second-order valence-corrected chi connectivity index (χ2v) is 9.17. The number of benzene rings is 1. The highest BCUT2D eigenvalue weighted by molar-refractivity contribution is 7.91. The molecule has 164 valence electrons. The van der Waals surface area contributed by atoms with Crippen LogP contribution in [0, 0.1) is 0 Å². The monoisotopic (exact) mass is 451 g/mol. The molecule has 4 aromatic rings. The van der Waals surface area contributed by atoms with Crippen molar-refractivity contribution < 1.29 is 8.42 Å². The van der Waals surface area contributed by atoms with Crippen LogP contribution in [0.5, 0.6) is 0 Å². The summed E-state index contributed by atoms with van der Waals surface area (Å²) < 4.78 is 28.8. The minimum Gasteiger partial charge on any atom is -0.368 e.